The van der Waals surface area contributed by atoms with E-state index in [0.29, 0.717) is 4.90 Å². The highest BCUT2D eigenvalue weighted by Crippen LogP contribution is 2.23. The van der Waals surface area contributed by atoms with Crippen LogP contribution in [-0.2, 0) is 14.5 Å². The molecule has 7 heteroatoms. The SMILES string of the molecule is CCS(=O)(=NC(=O)OC(C)(C)C)c1ccc(F)c(Br)c1. The molecule has 0 aliphatic rings. The zero-order chi connectivity index (χ0) is 15.6. The predicted molar refractivity (Wildman–Crippen MR) is 79.7 cm³/mol. The number of carbonyl (C=O) groups is 1. The summed E-state index contributed by atoms with van der Waals surface area (Å²) in [4.78, 5) is 12.0. The molecular formula is C13H17BrFNO3S. The van der Waals surface area contributed by atoms with Crippen LogP contribution in [0.2, 0.25) is 0 Å². The van der Waals surface area contributed by atoms with E-state index < -0.39 is 27.2 Å². The Morgan fingerprint density at radius 2 is 2.05 bits per heavy atom. The minimum absolute atomic E-state index is 0.129. The van der Waals surface area contributed by atoms with Crippen molar-refractivity contribution in [3.05, 3.63) is 28.5 Å². The summed E-state index contributed by atoms with van der Waals surface area (Å²) in [6.45, 7) is 6.74. The number of ether oxygens (including phenoxy) is 1. The molecule has 1 unspecified atom stereocenters. The van der Waals surface area contributed by atoms with Crippen LogP contribution in [0.1, 0.15) is 27.7 Å². The van der Waals surface area contributed by atoms with Crippen molar-refractivity contribution in [2.45, 2.75) is 38.2 Å². The lowest BCUT2D eigenvalue weighted by Crippen LogP contribution is -2.23. The molecule has 0 radical (unpaired) electrons. The molecule has 0 spiro atoms. The van der Waals surface area contributed by atoms with Gasteiger partial charge in [-0.25, -0.2) is 13.4 Å². The molecule has 1 amide bonds. The summed E-state index contributed by atoms with van der Waals surface area (Å²) in [6.07, 6.45) is -0.884. The molecule has 1 aromatic rings. The molecular weight excluding hydrogens is 349 g/mol. The molecule has 112 valence electrons. The molecule has 0 aliphatic carbocycles. The molecule has 1 aromatic carbocycles. The molecule has 0 bridgehead atoms. The van der Waals surface area contributed by atoms with E-state index in [2.05, 4.69) is 20.3 Å². The average molecular weight is 366 g/mol. The van der Waals surface area contributed by atoms with Crippen molar-refractivity contribution in [3.63, 3.8) is 0 Å². The third kappa shape index (κ3) is 4.56. The fraction of sp³-hybridized carbons (Fsp3) is 0.462. The van der Waals surface area contributed by atoms with Gasteiger partial charge in [0.05, 0.1) is 14.2 Å². The highest BCUT2D eigenvalue weighted by Gasteiger charge is 2.20. The maximum absolute atomic E-state index is 13.2. The normalized spacial score (nSPS) is 14.5. The Balaban J connectivity index is 3.23. The van der Waals surface area contributed by atoms with Crippen molar-refractivity contribution in [3.8, 4) is 0 Å². The second kappa shape index (κ2) is 6.22. The van der Waals surface area contributed by atoms with E-state index in [1.165, 1.54) is 18.2 Å². The first-order chi connectivity index (χ1) is 9.07. The van der Waals surface area contributed by atoms with E-state index in [1.807, 2.05) is 0 Å². The Kier molecular flexibility index (Phi) is 5.32. The minimum atomic E-state index is -2.96. The topological polar surface area (TPSA) is 55.7 Å². The Hall–Kier alpha value is -0.950. The first kappa shape index (κ1) is 17.1. The maximum Gasteiger partial charge on any atom is 0.442 e. The molecule has 1 atom stereocenters. The molecule has 0 aliphatic heterocycles. The molecule has 0 saturated heterocycles. The van der Waals surface area contributed by atoms with E-state index in [0.717, 1.165) is 0 Å². The lowest BCUT2D eigenvalue weighted by Gasteiger charge is -2.18. The lowest BCUT2D eigenvalue weighted by atomic mass is 10.2. The number of nitrogens with zero attached hydrogens (tertiary/aromatic N) is 1. The zero-order valence-electron chi connectivity index (χ0n) is 11.8. The van der Waals surface area contributed by atoms with Crippen LogP contribution < -0.4 is 0 Å². The number of hydrogen-bond acceptors (Lipinski definition) is 3. The van der Waals surface area contributed by atoms with Gasteiger partial charge in [0, 0.05) is 10.6 Å². The molecule has 4 nitrogen and oxygen atoms in total. The quantitative estimate of drug-likeness (QED) is 0.781. The van der Waals surface area contributed by atoms with Crippen molar-refractivity contribution < 1.29 is 18.1 Å². The van der Waals surface area contributed by atoms with Crippen LogP contribution in [0.25, 0.3) is 0 Å². The van der Waals surface area contributed by atoms with Crippen LogP contribution in [0.3, 0.4) is 0 Å². The van der Waals surface area contributed by atoms with Gasteiger partial charge in [-0.3, -0.25) is 0 Å². The molecule has 0 saturated carbocycles. The molecule has 0 N–H and O–H groups in total. The van der Waals surface area contributed by atoms with Crippen molar-refractivity contribution >= 4 is 31.8 Å². The first-order valence-electron chi connectivity index (χ1n) is 6.00. The second-order valence-electron chi connectivity index (χ2n) is 5.08. The summed E-state index contributed by atoms with van der Waals surface area (Å²) in [7, 11) is -2.96. The van der Waals surface area contributed by atoms with Gasteiger partial charge in [-0.2, -0.15) is 0 Å². The van der Waals surface area contributed by atoms with Gasteiger partial charge >= 0.3 is 6.09 Å². The molecule has 0 aromatic heterocycles. The summed E-state index contributed by atoms with van der Waals surface area (Å²) in [5, 5.41) is 0. The number of amides is 1. The van der Waals surface area contributed by atoms with E-state index in [4.69, 9.17) is 4.74 Å². The van der Waals surface area contributed by atoms with E-state index in [9.17, 15) is 13.4 Å². The number of hydrogen-bond donors (Lipinski definition) is 0. The lowest BCUT2D eigenvalue weighted by molar-refractivity contribution is 0.0607. The molecule has 1 rings (SSSR count). The van der Waals surface area contributed by atoms with Gasteiger partial charge < -0.3 is 4.74 Å². The minimum Gasteiger partial charge on any atom is -0.442 e. The average Bonchev–Trinajstić information content (AvgIpc) is 2.29. The Morgan fingerprint density at radius 1 is 1.45 bits per heavy atom. The number of carbonyl (C=O) groups excluding carboxylic acids is 1. The predicted octanol–water partition coefficient (Wildman–Crippen LogP) is 4.37. The number of rotatable bonds is 2. The molecule has 20 heavy (non-hydrogen) atoms. The highest BCUT2D eigenvalue weighted by molar-refractivity contribution is 9.10. The van der Waals surface area contributed by atoms with Gasteiger partial charge in [0.1, 0.15) is 11.4 Å². The van der Waals surface area contributed by atoms with Crippen LogP contribution in [0.4, 0.5) is 9.18 Å². The van der Waals surface area contributed by atoms with E-state index in [1.54, 1.807) is 27.7 Å². The molecule has 0 fully saturated rings. The van der Waals surface area contributed by atoms with Gasteiger partial charge in [0.25, 0.3) is 0 Å². The number of benzene rings is 1. The third-order valence-corrected chi connectivity index (χ3v) is 5.09. The monoisotopic (exact) mass is 365 g/mol. The standard InChI is InChI=1S/C13H17BrFNO3S/c1-5-20(18,16-12(17)19-13(2,3)4)9-6-7-11(15)10(14)8-9/h6-8H,5H2,1-4H3. The van der Waals surface area contributed by atoms with Gasteiger partial charge in [0.2, 0.25) is 0 Å². The smallest absolute Gasteiger partial charge is 0.442 e. The van der Waals surface area contributed by atoms with Gasteiger partial charge in [-0.15, -0.1) is 4.36 Å². The number of halogens is 2. The Morgan fingerprint density at radius 3 is 2.50 bits per heavy atom. The summed E-state index contributed by atoms with van der Waals surface area (Å²) < 4.78 is 34.8. The largest absolute Gasteiger partial charge is 0.442 e. The van der Waals surface area contributed by atoms with Crippen molar-refractivity contribution in [1.29, 1.82) is 0 Å². The van der Waals surface area contributed by atoms with E-state index in [-0.39, 0.29) is 10.2 Å². The maximum atomic E-state index is 13.2. The summed E-state index contributed by atoms with van der Waals surface area (Å²) in [6, 6.07) is 3.91. The summed E-state index contributed by atoms with van der Waals surface area (Å²) in [5.74, 6) is -0.339. The van der Waals surface area contributed by atoms with E-state index >= 15 is 0 Å². The molecule has 0 heterocycles. The van der Waals surface area contributed by atoms with Gasteiger partial charge in [0.15, 0.2) is 0 Å². The van der Waals surface area contributed by atoms with Crippen molar-refractivity contribution in [2.24, 2.45) is 4.36 Å². The fourth-order valence-electron chi connectivity index (χ4n) is 1.36. The zero-order valence-corrected chi connectivity index (χ0v) is 14.2. The van der Waals surface area contributed by atoms with Crippen LogP contribution >= 0.6 is 15.9 Å². The Bertz CT molecular complexity index is 631. The summed E-state index contributed by atoms with van der Waals surface area (Å²) >= 11 is 3.02. The van der Waals surface area contributed by atoms with Crippen LogP contribution in [0, 0.1) is 5.82 Å². The van der Waals surface area contributed by atoms with Gasteiger partial charge in [-0.05, 0) is 54.9 Å². The fourth-order valence-corrected chi connectivity index (χ4v) is 3.32. The highest BCUT2D eigenvalue weighted by atomic mass is 79.9. The summed E-state index contributed by atoms with van der Waals surface area (Å²) in [5.41, 5.74) is -0.710. The first-order valence-corrected chi connectivity index (χ1v) is 8.48. The van der Waals surface area contributed by atoms with Crippen LogP contribution in [-0.4, -0.2) is 21.7 Å². The Labute approximate surface area is 127 Å². The van der Waals surface area contributed by atoms with Crippen molar-refractivity contribution in [2.75, 3.05) is 5.75 Å². The van der Waals surface area contributed by atoms with Crippen LogP contribution in [0.5, 0.6) is 0 Å². The third-order valence-electron chi connectivity index (χ3n) is 2.27. The van der Waals surface area contributed by atoms with Gasteiger partial charge in [-0.1, -0.05) is 6.92 Å². The second-order valence-corrected chi connectivity index (χ2v) is 8.44. The van der Waals surface area contributed by atoms with Crippen molar-refractivity contribution in [1.82, 2.24) is 0 Å². The van der Waals surface area contributed by atoms with Crippen LogP contribution in [0.15, 0.2) is 31.9 Å².